The van der Waals surface area contributed by atoms with Gasteiger partial charge in [-0.3, -0.25) is 9.59 Å². The summed E-state index contributed by atoms with van der Waals surface area (Å²) in [5.74, 6) is -0.433. The number of anilines is 2. The molecule has 1 atom stereocenters. The second kappa shape index (κ2) is 6.42. The molecule has 1 heterocycles. The topological polar surface area (TPSA) is 49.4 Å². The van der Waals surface area contributed by atoms with Crippen LogP contribution in [0.3, 0.4) is 0 Å². The van der Waals surface area contributed by atoms with E-state index in [1.807, 2.05) is 43.3 Å². The van der Waals surface area contributed by atoms with Crippen LogP contribution in [0.25, 0.3) is 0 Å². The zero-order valence-corrected chi connectivity index (χ0v) is 13.5. The van der Waals surface area contributed by atoms with Crippen LogP contribution in [0, 0.1) is 5.92 Å². The van der Waals surface area contributed by atoms with Crippen LogP contribution in [-0.4, -0.2) is 18.4 Å². The lowest BCUT2D eigenvalue weighted by atomic mass is 10.1. The molecule has 1 N–H and O–H groups in total. The summed E-state index contributed by atoms with van der Waals surface area (Å²) in [7, 11) is 0. The maximum atomic E-state index is 12.8. The molecule has 1 unspecified atom stereocenters. The van der Waals surface area contributed by atoms with Gasteiger partial charge in [-0.2, -0.15) is 0 Å². The van der Waals surface area contributed by atoms with E-state index in [-0.39, 0.29) is 24.2 Å². The molecule has 5 heteroatoms. The average Bonchev–Trinajstić information content (AvgIpc) is 2.67. The zero-order chi connectivity index (χ0) is 16.4. The lowest BCUT2D eigenvalue weighted by Crippen LogP contribution is -2.36. The minimum absolute atomic E-state index is 0.0751. The number of benzene rings is 2. The van der Waals surface area contributed by atoms with Crippen LogP contribution < -0.4 is 10.2 Å². The van der Waals surface area contributed by atoms with Crippen molar-refractivity contribution >= 4 is 34.8 Å². The standard InChI is InChI=1S/C18H17ClN2O2/c1-12-11-21(16-9-5-4-8-15(16)20-18(12)23)17(22)10-13-6-2-3-7-14(13)19/h2-9,12H,10-11H2,1H3,(H,20,23). The van der Waals surface area contributed by atoms with Gasteiger partial charge in [0.1, 0.15) is 0 Å². The number of hydrogen-bond donors (Lipinski definition) is 1. The Hall–Kier alpha value is -2.33. The first-order valence-electron chi connectivity index (χ1n) is 7.50. The fourth-order valence-electron chi connectivity index (χ4n) is 2.66. The second-order valence-electron chi connectivity index (χ2n) is 5.68. The fraction of sp³-hybridized carbons (Fsp3) is 0.222. The van der Waals surface area contributed by atoms with Gasteiger partial charge in [0.2, 0.25) is 11.8 Å². The van der Waals surface area contributed by atoms with Crippen molar-refractivity contribution in [2.24, 2.45) is 5.92 Å². The second-order valence-corrected chi connectivity index (χ2v) is 6.09. The van der Waals surface area contributed by atoms with Gasteiger partial charge >= 0.3 is 0 Å². The molecule has 2 aromatic carbocycles. The molecule has 1 aliphatic rings. The summed E-state index contributed by atoms with van der Waals surface area (Å²) in [4.78, 5) is 26.6. The Morgan fingerprint density at radius 3 is 2.70 bits per heavy atom. The van der Waals surface area contributed by atoms with Gasteiger partial charge in [0.05, 0.1) is 23.7 Å². The van der Waals surface area contributed by atoms with E-state index in [1.54, 1.807) is 17.0 Å². The number of nitrogens with one attached hydrogen (secondary N) is 1. The van der Waals surface area contributed by atoms with Crippen LogP contribution >= 0.6 is 11.6 Å². The van der Waals surface area contributed by atoms with Gasteiger partial charge in [-0.25, -0.2) is 0 Å². The first-order valence-corrected chi connectivity index (χ1v) is 7.87. The summed E-state index contributed by atoms with van der Waals surface area (Å²) in [6, 6.07) is 14.7. The summed E-state index contributed by atoms with van der Waals surface area (Å²) >= 11 is 6.15. The van der Waals surface area contributed by atoms with E-state index < -0.39 is 0 Å². The molecule has 0 fully saturated rings. The summed E-state index contributed by atoms with van der Waals surface area (Å²) in [6.07, 6.45) is 0.203. The molecule has 2 amide bonds. The maximum Gasteiger partial charge on any atom is 0.231 e. The predicted octanol–water partition coefficient (Wildman–Crippen LogP) is 3.50. The molecule has 0 spiro atoms. The Bertz CT molecular complexity index is 760. The number of fused-ring (bicyclic) bond motifs is 1. The van der Waals surface area contributed by atoms with E-state index in [4.69, 9.17) is 11.6 Å². The van der Waals surface area contributed by atoms with Crippen molar-refractivity contribution in [2.75, 3.05) is 16.8 Å². The lowest BCUT2D eigenvalue weighted by molar-refractivity contribution is -0.119. The molecule has 0 aromatic heterocycles. The molecule has 2 aromatic rings. The highest BCUT2D eigenvalue weighted by atomic mass is 35.5. The highest BCUT2D eigenvalue weighted by Gasteiger charge is 2.28. The molecule has 3 rings (SSSR count). The Kier molecular flexibility index (Phi) is 4.35. The van der Waals surface area contributed by atoms with Crippen molar-refractivity contribution in [3.05, 3.63) is 59.1 Å². The molecule has 118 valence electrons. The van der Waals surface area contributed by atoms with Gasteiger partial charge in [0.15, 0.2) is 0 Å². The van der Waals surface area contributed by atoms with Crippen molar-refractivity contribution in [1.29, 1.82) is 0 Å². The first kappa shape index (κ1) is 15.6. The fourth-order valence-corrected chi connectivity index (χ4v) is 2.86. The van der Waals surface area contributed by atoms with Gasteiger partial charge in [-0.05, 0) is 23.8 Å². The zero-order valence-electron chi connectivity index (χ0n) is 12.8. The van der Waals surface area contributed by atoms with E-state index in [0.717, 1.165) is 11.3 Å². The molecule has 1 aliphatic heterocycles. The Balaban J connectivity index is 1.93. The van der Waals surface area contributed by atoms with Crippen molar-refractivity contribution in [3.63, 3.8) is 0 Å². The van der Waals surface area contributed by atoms with Crippen LogP contribution in [0.1, 0.15) is 12.5 Å². The number of amides is 2. The monoisotopic (exact) mass is 328 g/mol. The molecular weight excluding hydrogens is 312 g/mol. The number of halogens is 1. The van der Waals surface area contributed by atoms with Gasteiger partial charge < -0.3 is 10.2 Å². The number of hydrogen-bond acceptors (Lipinski definition) is 2. The van der Waals surface area contributed by atoms with Crippen LogP contribution in [-0.2, 0) is 16.0 Å². The quantitative estimate of drug-likeness (QED) is 0.917. The van der Waals surface area contributed by atoms with E-state index >= 15 is 0 Å². The average molecular weight is 329 g/mol. The van der Waals surface area contributed by atoms with E-state index in [1.165, 1.54) is 0 Å². The molecule has 0 bridgehead atoms. The van der Waals surface area contributed by atoms with Crippen molar-refractivity contribution < 1.29 is 9.59 Å². The first-order chi connectivity index (χ1) is 11.1. The highest BCUT2D eigenvalue weighted by Crippen LogP contribution is 2.30. The Morgan fingerprint density at radius 1 is 1.22 bits per heavy atom. The molecule has 0 saturated heterocycles. The molecular formula is C18H17ClN2O2. The van der Waals surface area contributed by atoms with Crippen molar-refractivity contribution in [2.45, 2.75) is 13.3 Å². The summed E-state index contributed by atoms with van der Waals surface area (Å²) in [5, 5.41) is 3.45. The van der Waals surface area contributed by atoms with Crippen molar-refractivity contribution in [1.82, 2.24) is 0 Å². The van der Waals surface area contributed by atoms with Crippen LogP contribution in [0.5, 0.6) is 0 Å². The van der Waals surface area contributed by atoms with Crippen LogP contribution in [0.4, 0.5) is 11.4 Å². The van der Waals surface area contributed by atoms with Crippen LogP contribution in [0.15, 0.2) is 48.5 Å². The third-order valence-corrected chi connectivity index (χ3v) is 4.33. The third kappa shape index (κ3) is 3.22. The number of carbonyl (C=O) groups excluding carboxylic acids is 2. The minimum atomic E-state index is -0.280. The van der Waals surface area contributed by atoms with Crippen molar-refractivity contribution in [3.8, 4) is 0 Å². The Morgan fingerprint density at radius 2 is 1.91 bits per heavy atom. The van der Waals surface area contributed by atoms with E-state index in [0.29, 0.717) is 17.3 Å². The van der Waals surface area contributed by atoms with Gasteiger partial charge in [0.25, 0.3) is 0 Å². The SMILES string of the molecule is CC1CN(C(=O)Cc2ccccc2Cl)c2ccccc2NC1=O. The summed E-state index contributed by atoms with van der Waals surface area (Å²) in [5.41, 5.74) is 2.17. The number of para-hydroxylation sites is 2. The van der Waals surface area contributed by atoms with E-state index in [9.17, 15) is 9.59 Å². The number of carbonyl (C=O) groups is 2. The number of nitrogens with zero attached hydrogens (tertiary/aromatic N) is 1. The third-order valence-electron chi connectivity index (χ3n) is 3.96. The molecule has 4 nitrogen and oxygen atoms in total. The molecule has 0 aliphatic carbocycles. The highest BCUT2D eigenvalue weighted by molar-refractivity contribution is 6.31. The van der Waals surface area contributed by atoms with Gasteiger partial charge in [-0.1, -0.05) is 48.9 Å². The lowest BCUT2D eigenvalue weighted by Gasteiger charge is -2.23. The smallest absolute Gasteiger partial charge is 0.231 e. The van der Waals surface area contributed by atoms with E-state index in [2.05, 4.69) is 5.32 Å². The summed E-state index contributed by atoms with van der Waals surface area (Å²) in [6.45, 7) is 2.17. The van der Waals surface area contributed by atoms with Gasteiger partial charge in [0, 0.05) is 11.6 Å². The number of rotatable bonds is 2. The maximum absolute atomic E-state index is 12.8. The largest absolute Gasteiger partial charge is 0.324 e. The van der Waals surface area contributed by atoms with Gasteiger partial charge in [-0.15, -0.1) is 0 Å². The summed E-state index contributed by atoms with van der Waals surface area (Å²) < 4.78 is 0. The van der Waals surface area contributed by atoms with Crippen LogP contribution in [0.2, 0.25) is 5.02 Å². The molecule has 0 saturated carbocycles. The predicted molar refractivity (Wildman–Crippen MR) is 91.7 cm³/mol. The minimum Gasteiger partial charge on any atom is -0.324 e. The normalized spacial score (nSPS) is 17.2. The molecule has 0 radical (unpaired) electrons. The Labute approximate surface area is 140 Å². The molecule has 23 heavy (non-hydrogen) atoms.